The zero-order valence-corrected chi connectivity index (χ0v) is 13.6. The summed E-state index contributed by atoms with van der Waals surface area (Å²) in [4.78, 5) is 0. The van der Waals surface area contributed by atoms with Gasteiger partial charge in [-0.25, -0.2) is 4.39 Å². The molecule has 2 N–H and O–H groups in total. The van der Waals surface area contributed by atoms with Crippen molar-refractivity contribution in [2.24, 2.45) is 0 Å². The molecule has 0 unspecified atom stereocenters. The van der Waals surface area contributed by atoms with Gasteiger partial charge in [0, 0.05) is 24.2 Å². The summed E-state index contributed by atoms with van der Waals surface area (Å²) in [5.41, 5.74) is 0.323. The lowest BCUT2D eigenvalue weighted by Crippen LogP contribution is -2.45. The van der Waals surface area contributed by atoms with Crippen molar-refractivity contribution in [2.75, 3.05) is 6.54 Å². The monoisotopic (exact) mass is 352 g/mol. The van der Waals surface area contributed by atoms with Crippen molar-refractivity contribution >= 4 is 0 Å². The van der Waals surface area contributed by atoms with Gasteiger partial charge in [-0.3, -0.25) is 0 Å². The summed E-state index contributed by atoms with van der Waals surface area (Å²) in [7, 11) is 0. The van der Waals surface area contributed by atoms with Gasteiger partial charge in [0.1, 0.15) is 5.82 Å². The van der Waals surface area contributed by atoms with E-state index >= 15 is 0 Å². The standard InChI is InChI=1S/C19H20F4N2/c20-16-9-8-15(19(21,22)23)11-14(16)12-25-17-7-4-10-24-18(17)13-5-2-1-3-6-13/h1-3,5-6,8-9,11,17-18,24-25H,4,7,10,12H2/t17-,18-/m0/s1. The molecule has 0 radical (unpaired) electrons. The Morgan fingerprint density at radius 1 is 1.08 bits per heavy atom. The van der Waals surface area contributed by atoms with Crippen LogP contribution in [-0.2, 0) is 12.7 Å². The van der Waals surface area contributed by atoms with Crippen LogP contribution in [-0.4, -0.2) is 12.6 Å². The van der Waals surface area contributed by atoms with Crippen LogP contribution >= 0.6 is 0 Å². The average Bonchev–Trinajstić information content (AvgIpc) is 2.61. The molecule has 1 aliphatic heterocycles. The normalized spacial score (nSPS) is 21.3. The summed E-state index contributed by atoms with van der Waals surface area (Å²) >= 11 is 0. The van der Waals surface area contributed by atoms with Crippen molar-refractivity contribution in [3.8, 4) is 0 Å². The number of halogens is 4. The van der Waals surface area contributed by atoms with Crippen LogP contribution in [0.2, 0.25) is 0 Å². The minimum atomic E-state index is -4.47. The molecule has 6 heteroatoms. The van der Waals surface area contributed by atoms with Gasteiger partial charge in [0.15, 0.2) is 0 Å². The quantitative estimate of drug-likeness (QED) is 0.796. The number of hydrogen-bond donors (Lipinski definition) is 2. The number of benzene rings is 2. The molecule has 0 amide bonds. The average molecular weight is 352 g/mol. The molecule has 0 saturated carbocycles. The molecule has 2 atom stereocenters. The van der Waals surface area contributed by atoms with Crippen LogP contribution in [0.4, 0.5) is 17.6 Å². The van der Waals surface area contributed by atoms with Crippen molar-refractivity contribution in [2.45, 2.75) is 37.6 Å². The Morgan fingerprint density at radius 2 is 1.84 bits per heavy atom. The van der Waals surface area contributed by atoms with Gasteiger partial charge in [-0.1, -0.05) is 30.3 Å². The Bertz CT molecular complexity index is 700. The highest BCUT2D eigenvalue weighted by atomic mass is 19.4. The highest BCUT2D eigenvalue weighted by Crippen LogP contribution is 2.30. The van der Waals surface area contributed by atoms with Crippen molar-refractivity contribution in [1.82, 2.24) is 10.6 Å². The molecular weight excluding hydrogens is 332 g/mol. The summed E-state index contributed by atoms with van der Waals surface area (Å²) in [6, 6.07) is 12.5. The van der Waals surface area contributed by atoms with Gasteiger partial charge in [0.2, 0.25) is 0 Å². The lowest BCUT2D eigenvalue weighted by atomic mass is 9.92. The Labute approximate surface area is 144 Å². The van der Waals surface area contributed by atoms with Crippen LogP contribution < -0.4 is 10.6 Å². The van der Waals surface area contributed by atoms with E-state index in [-0.39, 0.29) is 24.2 Å². The van der Waals surface area contributed by atoms with Crippen LogP contribution in [0.1, 0.15) is 35.6 Å². The first kappa shape index (κ1) is 17.9. The van der Waals surface area contributed by atoms with Gasteiger partial charge in [-0.2, -0.15) is 13.2 Å². The molecule has 134 valence electrons. The Hall–Kier alpha value is -1.92. The lowest BCUT2D eigenvalue weighted by molar-refractivity contribution is -0.137. The second-order valence-corrected chi connectivity index (χ2v) is 6.28. The second-order valence-electron chi connectivity index (χ2n) is 6.28. The first-order valence-corrected chi connectivity index (χ1v) is 8.32. The van der Waals surface area contributed by atoms with E-state index < -0.39 is 17.6 Å². The number of rotatable bonds is 4. The second kappa shape index (κ2) is 7.54. The first-order chi connectivity index (χ1) is 11.9. The van der Waals surface area contributed by atoms with Gasteiger partial charge in [-0.05, 0) is 43.1 Å². The fraction of sp³-hybridized carbons (Fsp3) is 0.368. The molecule has 0 bridgehead atoms. The van der Waals surface area contributed by atoms with Gasteiger partial charge in [0.05, 0.1) is 5.56 Å². The van der Waals surface area contributed by atoms with Gasteiger partial charge in [-0.15, -0.1) is 0 Å². The molecule has 1 fully saturated rings. The van der Waals surface area contributed by atoms with Crippen molar-refractivity contribution in [3.63, 3.8) is 0 Å². The Morgan fingerprint density at radius 3 is 2.56 bits per heavy atom. The highest BCUT2D eigenvalue weighted by Gasteiger charge is 2.31. The van der Waals surface area contributed by atoms with Gasteiger partial charge in [0.25, 0.3) is 0 Å². The maximum absolute atomic E-state index is 13.9. The summed E-state index contributed by atoms with van der Waals surface area (Å²) in [6.07, 6.45) is -2.62. The number of piperidine rings is 1. The zero-order chi connectivity index (χ0) is 17.9. The van der Waals surface area contributed by atoms with Crippen LogP contribution in [0.15, 0.2) is 48.5 Å². The Kier molecular flexibility index (Phi) is 5.39. The summed E-state index contributed by atoms with van der Waals surface area (Å²) in [5, 5.41) is 6.67. The highest BCUT2D eigenvalue weighted by molar-refractivity contribution is 5.27. The van der Waals surface area contributed by atoms with Crippen LogP contribution in [0.3, 0.4) is 0 Å². The van der Waals surface area contributed by atoms with E-state index in [9.17, 15) is 17.6 Å². The van der Waals surface area contributed by atoms with Gasteiger partial charge < -0.3 is 10.6 Å². The third-order valence-electron chi connectivity index (χ3n) is 4.54. The van der Waals surface area contributed by atoms with Crippen molar-refractivity contribution < 1.29 is 17.6 Å². The maximum atomic E-state index is 13.9. The first-order valence-electron chi connectivity index (χ1n) is 8.32. The third-order valence-corrected chi connectivity index (χ3v) is 4.54. The molecule has 1 heterocycles. The Balaban J connectivity index is 1.73. The van der Waals surface area contributed by atoms with Crippen molar-refractivity contribution in [3.05, 3.63) is 71.0 Å². The maximum Gasteiger partial charge on any atom is 0.416 e. The number of hydrogen-bond acceptors (Lipinski definition) is 2. The molecule has 2 nitrogen and oxygen atoms in total. The molecule has 0 aromatic heterocycles. The lowest BCUT2D eigenvalue weighted by Gasteiger charge is -2.34. The van der Waals surface area contributed by atoms with E-state index in [2.05, 4.69) is 10.6 Å². The largest absolute Gasteiger partial charge is 0.416 e. The van der Waals surface area contributed by atoms with Crippen LogP contribution in [0, 0.1) is 5.82 Å². The number of nitrogens with one attached hydrogen (secondary N) is 2. The molecule has 0 spiro atoms. The van der Waals surface area contributed by atoms with Crippen molar-refractivity contribution in [1.29, 1.82) is 0 Å². The smallest absolute Gasteiger partial charge is 0.309 e. The van der Waals surface area contributed by atoms with E-state index in [0.717, 1.165) is 43.1 Å². The van der Waals surface area contributed by atoms with E-state index in [0.29, 0.717) is 0 Å². The summed E-state index contributed by atoms with van der Waals surface area (Å²) in [6.45, 7) is 0.946. The molecule has 2 aromatic rings. The van der Waals surface area contributed by atoms with E-state index in [4.69, 9.17) is 0 Å². The SMILES string of the molecule is Fc1ccc(C(F)(F)F)cc1CN[C@H]1CCCN[C@H]1c1ccccc1. The van der Waals surface area contributed by atoms with Crippen LogP contribution in [0.5, 0.6) is 0 Å². The molecule has 3 rings (SSSR count). The summed E-state index contributed by atoms with van der Waals surface area (Å²) < 4.78 is 52.4. The van der Waals surface area contributed by atoms with E-state index in [1.807, 2.05) is 30.3 Å². The number of alkyl halides is 3. The topological polar surface area (TPSA) is 24.1 Å². The summed E-state index contributed by atoms with van der Waals surface area (Å²) in [5.74, 6) is -0.625. The molecule has 1 saturated heterocycles. The molecule has 2 aromatic carbocycles. The predicted molar refractivity (Wildman–Crippen MR) is 88.4 cm³/mol. The third kappa shape index (κ3) is 4.38. The molecule has 25 heavy (non-hydrogen) atoms. The molecular formula is C19H20F4N2. The van der Waals surface area contributed by atoms with E-state index in [1.165, 1.54) is 0 Å². The van der Waals surface area contributed by atoms with Crippen LogP contribution in [0.25, 0.3) is 0 Å². The minimum absolute atomic E-state index is 0.0325. The predicted octanol–water partition coefficient (Wildman–Crippen LogP) is 4.43. The fourth-order valence-electron chi connectivity index (χ4n) is 3.25. The molecule has 1 aliphatic rings. The van der Waals surface area contributed by atoms with Gasteiger partial charge >= 0.3 is 6.18 Å². The zero-order valence-electron chi connectivity index (χ0n) is 13.6. The van der Waals surface area contributed by atoms with E-state index in [1.54, 1.807) is 0 Å². The fourth-order valence-corrected chi connectivity index (χ4v) is 3.25. The minimum Gasteiger partial charge on any atom is -0.309 e. The molecule has 0 aliphatic carbocycles.